The smallest absolute Gasteiger partial charge is 0.251 e. The predicted octanol–water partition coefficient (Wildman–Crippen LogP) is 1.16. The molecule has 2 aromatic carbocycles. The average Bonchev–Trinajstić information content (AvgIpc) is 2.85. The van der Waals surface area contributed by atoms with Crippen molar-refractivity contribution in [2.45, 2.75) is 24.5 Å². The molecule has 1 atom stereocenters. The van der Waals surface area contributed by atoms with Crippen molar-refractivity contribution in [3.05, 3.63) is 68.2 Å². The summed E-state index contributed by atoms with van der Waals surface area (Å²) in [6.07, 6.45) is 0. The van der Waals surface area contributed by atoms with Crippen molar-refractivity contribution in [1.82, 2.24) is 15.5 Å². The maximum atomic E-state index is 12.9. The van der Waals surface area contributed by atoms with E-state index in [1.807, 2.05) is 13.1 Å². The summed E-state index contributed by atoms with van der Waals surface area (Å²) in [7, 11) is 1.94. The van der Waals surface area contributed by atoms with Crippen LogP contribution in [0.4, 0.5) is 0 Å². The minimum Gasteiger partial charge on any atom is -0.394 e. The topological polar surface area (TPSA) is 142 Å². The quantitative estimate of drug-likeness (QED) is 0.269. The van der Waals surface area contributed by atoms with Crippen LogP contribution in [0.25, 0.3) is 0 Å². The molecule has 1 unspecified atom stereocenters. The molecule has 9 nitrogen and oxygen atoms in total. The van der Waals surface area contributed by atoms with Gasteiger partial charge in [0.2, 0.25) is 0 Å². The van der Waals surface area contributed by atoms with Crippen molar-refractivity contribution in [3.8, 4) is 0 Å². The maximum Gasteiger partial charge on any atom is 0.251 e. The lowest BCUT2D eigenvalue weighted by atomic mass is 9.83. The van der Waals surface area contributed by atoms with Crippen LogP contribution in [-0.2, 0) is 6.54 Å². The fourth-order valence-corrected chi connectivity index (χ4v) is 4.65. The molecule has 0 aromatic heterocycles. The molecule has 0 bridgehead atoms. The van der Waals surface area contributed by atoms with E-state index in [1.54, 1.807) is 18.2 Å². The molecular weight excluding hydrogens is 533 g/mol. The van der Waals surface area contributed by atoms with E-state index in [9.17, 15) is 30.0 Å². The monoisotopic (exact) mass is 561 g/mol. The fraction of sp³-hybridized carbons (Fsp3) is 0.417. The largest absolute Gasteiger partial charge is 0.394 e. The number of amides is 2. The zero-order valence-electron chi connectivity index (χ0n) is 19.6. The number of carbonyl (C=O) groups is 2. The summed E-state index contributed by atoms with van der Waals surface area (Å²) in [5.74, 6) is -1.43. The Morgan fingerprint density at radius 3 is 1.89 bits per heavy atom. The first-order chi connectivity index (χ1) is 16.7. The minimum atomic E-state index is -0.865. The summed E-state index contributed by atoms with van der Waals surface area (Å²) in [5, 5.41) is 43.5. The van der Waals surface area contributed by atoms with Crippen LogP contribution in [0.2, 0.25) is 10.0 Å². The van der Waals surface area contributed by atoms with E-state index in [1.165, 1.54) is 6.07 Å². The van der Waals surface area contributed by atoms with Crippen LogP contribution in [0, 0.1) is 0 Å². The van der Waals surface area contributed by atoms with Gasteiger partial charge in [-0.05, 0) is 54.1 Å². The third-order valence-electron chi connectivity index (χ3n) is 5.93. The number of hydrogen-bond acceptors (Lipinski definition) is 7. The van der Waals surface area contributed by atoms with E-state index in [0.717, 1.165) is 11.1 Å². The number of nitrogens with one attached hydrogen (secondary N) is 2. The van der Waals surface area contributed by atoms with Crippen molar-refractivity contribution in [2.24, 2.45) is 0 Å². The number of nitrogens with zero attached hydrogens (tertiary/aromatic N) is 1. The van der Waals surface area contributed by atoms with E-state index >= 15 is 0 Å². The second-order valence-electron chi connectivity index (χ2n) is 8.62. The number of halogens is 3. The highest BCUT2D eigenvalue weighted by molar-refractivity contribution is 6.35. The fourth-order valence-electron chi connectivity index (χ4n) is 4.08. The lowest BCUT2D eigenvalue weighted by Crippen LogP contribution is -2.41. The Bertz CT molecular complexity index is 1040. The van der Waals surface area contributed by atoms with Gasteiger partial charge >= 0.3 is 0 Å². The predicted molar refractivity (Wildman–Crippen MR) is 139 cm³/mol. The molecule has 3 rings (SSSR count). The molecule has 0 saturated heterocycles. The summed E-state index contributed by atoms with van der Waals surface area (Å²) in [4.78, 5) is 27.9. The Kier molecular flexibility index (Phi) is 11.4. The molecular formula is C24H30Cl3N3O6. The van der Waals surface area contributed by atoms with Gasteiger partial charge in [-0.15, -0.1) is 12.4 Å². The Labute approximate surface area is 225 Å². The molecule has 198 valence electrons. The molecule has 0 radical (unpaired) electrons. The molecule has 1 heterocycles. The van der Waals surface area contributed by atoms with Crippen molar-refractivity contribution in [3.63, 3.8) is 0 Å². The van der Waals surface area contributed by atoms with Crippen LogP contribution < -0.4 is 10.6 Å². The first-order valence-electron chi connectivity index (χ1n) is 11.1. The van der Waals surface area contributed by atoms with Gasteiger partial charge < -0.3 is 36.0 Å². The van der Waals surface area contributed by atoms with Crippen LogP contribution in [0.3, 0.4) is 0 Å². The van der Waals surface area contributed by atoms with Crippen molar-refractivity contribution in [1.29, 1.82) is 0 Å². The van der Waals surface area contributed by atoms with Crippen molar-refractivity contribution < 1.29 is 30.0 Å². The number of aliphatic hydroxyl groups is 4. The zero-order chi connectivity index (χ0) is 25.7. The van der Waals surface area contributed by atoms with Crippen LogP contribution >= 0.6 is 35.6 Å². The number of hydrogen-bond donors (Lipinski definition) is 6. The highest BCUT2D eigenvalue weighted by atomic mass is 35.5. The number of benzene rings is 2. The third kappa shape index (κ3) is 7.08. The summed E-state index contributed by atoms with van der Waals surface area (Å²) >= 11 is 12.8. The third-order valence-corrected chi connectivity index (χ3v) is 6.48. The Morgan fingerprint density at radius 1 is 0.917 bits per heavy atom. The number of fused-ring (bicyclic) bond motifs is 1. The second-order valence-corrected chi connectivity index (χ2v) is 9.46. The summed E-state index contributed by atoms with van der Waals surface area (Å²) < 4.78 is 0. The molecule has 0 aliphatic carbocycles. The normalized spacial score (nSPS) is 15.4. The van der Waals surface area contributed by atoms with E-state index in [2.05, 4.69) is 15.5 Å². The first kappa shape index (κ1) is 30.3. The van der Waals surface area contributed by atoms with Gasteiger partial charge in [0.05, 0.1) is 38.5 Å². The standard InChI is InChI=1S/C24H29Cl2N3O6.ClH/c1-29-7-20(19-5-16(25)6-22(26)21(19)8-29)13-2-14(23(34)27-17(9-30)10-31)4-15(3-13)24(35)28-18(11-32)12-33;/h2-6,17-18,20,30-33H,7-12H2,1H3,(H,27,34)(H,28,35);1H. The molecule has 0 spiro atoms. The molecule has 0 saturated carbocycles. The Morgan fingerprint density at radius 2 is 1.42 bits per heavy atom. The molecule has 36 heavy (non-hydrogen) atoms. The molecule has 12 heteroatoms. The van der Waals surface area contributed by atoms with E-state index < -0.39 is 50.3 Å². The highest BCUT2D eigenvalue weighted by Gasteiger charge is 2.29. The van der Waals surface area contributed by atoms with Gasteiger partial charge in [0.25, 0.3) is 11.8 Å². The lowest BCUT2D eigenvalue weighted by molar-refractivity contribution is 0.0877. The number of aliphatic hydroxyl groups excluding tert-OH is 4. The first-order valence-corrected chi connectivity index (χ1v) is 11.8. The second kappa shape index (κ2) is 13.6. The maximum absolute atomic E-state index is 12.9. The average molecular weight is 563 g/mol. The Hall–Kier alpha value is -1.95. The number of carbonyl (C=O) groups excluding carboxylic acids is 2. The molecule has 2 amide bonds. The molecule has 6 N–H and O–H groups in total. The lowest BCUT2D eigenvalue weighted by Gasteiger charge is -2.33. The molecule has 1 aliphatic rings. The number of rotatable bonds is 9. The van der Waals surface area contributed by atoms with E-state index in [-0.39, 0.29) is 29.5 Å². The van der Waals surface area contributed by atoms with Gasteiger partial charge in [-0.3, -0.25) is 9.59 Å². The van der Waals surface area contributed by atoms with Gasteiger partial charge in [0, 0.05) is 40.2 Å². The summed E-state index contributed by atoms with van der Waals surface area (Å²) in [5.41, 5.74) is 2.73. The van der Waals surface area contributed by atoms with Crippen LogP contribution in [0.5, 0.6) is 0 Å². The Balaban J connectivity index is 0.00000456. The zero-order valence-corrected chi connectivity index (χ0v) is 21.9. The van der Waals surface area contributed by atoms with Gasteiger partial charge in [-0.2, -0.15) is 0 Å². The van der Waals surface area contributed by atoms with Crippen LogP contribution in [-0.4, -0.2) is 89.2 Å². The molecule has 0 fully saturated rings. The SMILES string of the molecule is CN1Cc2c(Cl)cc(Cl)cc2C(c2cc(C(=O)NC(CO)CO)cc(C(=O)NC(CO)CO)c2)C1.Cl. The summed E-state index contributed by atoms with van der Waals surface area (Å²) in [6, 6.07) is 6.45. The van der Waals surface area contributed by atoms with Crippen LogP contribution in [0.1, 0.15) is 43.3 Å². The van der Waals surface area contributed by atoms with E-state index in [4.69, 9.17) is 23.2 Å². The summed E-state index contributed by atoms with van der Waals surface area (Å²) in [6.45, 7) is -0.646. The van der Waals surface area contributed by atoms with Crippen LogP contribution in [0.15, 0.2) is 30.3 Å². The van der Waals surface area contributed by atoms with E-state index in [0.29, 0.717) is 28.7 Å². The van der Waals surface area contributed by atoms with Gasteiger partial charge in [-0.1, -0.05) is 23.2 Å². The van der Waals surface area contributed by atoms with Gasteiger partial charge in [-0.25, -0.2) is 0 Å². The van der Waals surface area contributed by atoms with Gasteiger partial charge in [0.1, 0.15) is 0 Å². The number of likely N-dealkylation sites (N-methyl/N-ethyl adjacent to an activating group) is 1. The highest BCUT2D eigenvalue weighted by Crippen LogP contribution is 2.39. The molecule has 1 aliphatic heterocycles. The van der Waals surface area contributed by atoms with Gasteiger partial charge in [0.15, 0.2) is 0 Å². The minimum absolute atomic E-state index is 0. The van der Waals surface area contributed by atoms with Crippen molar-refractivity contribution >= 4 is 47.4 Å². The van der Waals surface area contributed by atoms with Crippen molar-refractivity contribution in [2.75, 3.05) is 40.0 Å². The molecule has 2 aromatic rings.